The van der Waals surface area contributed by atoms with Crippen molar-refractivity contribution in [2.75, 3.05) is 32.9 Å². The van der Waals surface area contributed by atoms with Crippen LogP contribution in [0.1, 0.15) is 31.7 Å². The highest BCUT2D eigenvalue weighted by Gasteiger charge is 2.09. The number of rotatable bonds is 11. The molecule has 1 aromatic carbocycles. The van der Waals surface area contributed by atoms with Gasteiger partial charge in [-0.25, -0.2) is 0 Å². The lowest BCUT2D eigenvalue weighted by molar-refractivity contribution is -0.647. The fourth-order valence-corrected chi connectivity index (χ4v) is 1.95. The number of hydrogen-bond acceptors (Lipinski definition) is 2. The smallest absolute Gasteiger partial charge is 0.122 e. The molecule has 0 radical (unpaired) electrons. The molecule has 1 rings (SSSR count). The van der Waals surface area contributed by atoms with Gasteiger partial charge in [0, 0.05) is 0 Å². The zero-order valence-electron chi connectivity index (χ0n) is 12.8. The first kappa shape index (κ1) is 16.7. The van der Waals surface area contributed by atoms with Gasteiger partial charge in [0.05, 0.1) is 26.3 Å². The monoisotopic (exact) mass is 278 g/mol. The number of hydrogen-bond donors (Lipinski definition) is 1. The van der Waals surface area contributed by atoms with Gasteiger partial charge in [0.2, 0.25) is 0 Å². The van der Waals surface area contributed by atoms with E-state index in [1.807, 2.05) is 18.2 Å². The molecule has 2 N–H and O–H groups in total. The Morgan fingerprint density at radius 2 is 2.05 bits per heavy atom. The molecule has 0 aromatic heterocycles. The molecule has 0 heterocycles. The van der Waals surface area contributed by atoms with Gasteiger partial charge in [-0.3, -0.25) is 0 Å². The van der Waals surface area contributed by atoms with Crippen molar-refractivity contribution in [1.29, 1.82) is 0 Å². The average Bonchev–Trinajstić information content (AvgIpc) is 2.49. The fraction of sp³-hybridized carbons (Fsp3) is 0.529. The summed E-state index contributed by atoms with van der Waals surface area (Å²) < 4.78 is 11.4. The Kier molecular flexibility index (Phi) is 8.76. The van der Waals surface area contributed by atoms with E-state index in [-0.39, 0.29) is 0 Å². The van der Waals surface area contributed by atoms with Crippen LogP contribution in [0.4, 0.5) is 0 Å². The summed E-state index contributed by atoms with van der Waals surface area (Å²) >= 11 is 0. The van der Waals surface area contributed by atoms with Gasteiger partial charge in [-0.1, -0.05) is 38.6 Å². The molecule has 0 unspecified atom stereocenters. The lowest BCUT2D eigenvalue weighted by Gasteiger charge is -2.15. The minimum Gasteiger partial charge on any atom is -0.491 e. The zero-order chi connectivity index (χ0) is 14.6. The van der Waals surface area contributed by atoms with Crippen molar-refractivity contribution >= 4 is 0 Å². The lowest BCUT2D eigenvalue weighted by Crippen LogP contribution is -2.84. The molecule has 112 valence electrons. The Bertz CT molecular complexity index is 379. The maximum absolute atomic E-state index is 5.84. The largest absolute Gasteiger partial charge is 0.491 e. The van der Waals surface area contributed by atoms with Gasteiger partial charge in [0.15, 0.2) is 0 Å². The van der Waals surface area contributed by atoms with E-state index in [4.69, 9.17) is 9.47 Å². The van der Waals surface area contributed by atoms with Crippen LogP contribution in [0.15, 0.2) is 36.9 Å². The van der Waals surface area contributed by atoms with Crippen molar-refractivity contribution in [1.82, 2.24) is 0 Å². The summed E-state index contributed by atoms with van der Waals surface area (Å²) in [6.07, 6.45) is 3.02. The van der Waals surface area contributed by atoms with Crippen LogP contribution in [0.3, 0.4) is 0 Å². The molecule has 0 aliphatic carbocycles. The van der Waals surface area contributed by atoms with Gasteiger partial charge in [0.1, 0.15) is 12.4 Å². The fourth-order valence-electron chi connectivity index (χ4n) is 1.95. The van der Waals surface area contributed by atoms with Crippen molar-refractivity contribution in [3.05, 3.63) is 42.5 Å². The summed E-state index contributed by atoms with van der Waals surface area (Å²) in [5, 5.41) is 2.17. The molecule has 0 fully saturated rings. The summed E-state index contributed by atoms with van der Waals surface area (Å²) in [6, 6.07) is 8.28. The summed E-state index contributed by atoms with van der Waals surface area (Å²) in [5.41, 5.74) is 1.29. The van der Waals surface area contributed by atoms with E-state index in [1.165, 1.54) is 5.56 Å². The standard InChI is InChI=1S/C17H27NO2/c1-4-10-18-11-12-19-13-14-20-17-9-7-6-8-16(17)15(3)5-2/h4,6-9,15,18H,1,5,10-14H2,2-3H3/p+1/t15-/m1/s1. The van der Waals surface area contributed by atoms with E-state index in [0.29, 0.717) is 19.1 Å². The minimum atomic E-state index is 0.528. The van der Waals surface area contributed by atoms with Crippen molar-refractivity contribution in [2.24, 2.45) is 0 Å². The number of quaternary nitrogens is 1. The Morgan fingerprint density at radius 1 is 1.25 bits per heavy atom. The maximum Gasteiger partial charge on any atom is 0.122 e. The van der Waals surface area contributed by atoms with Crippen LogP contribution in [0, 0.1) is 0 Å². The molecule has 0 saturated carbocycles. The van der Waals surface area contributed by atoms with Crippen LogP contribution < -0.4 is 10.1 Å². The van der Waals surface area contributed by atoms with Crippen LogP contribution in [-0.2, 0) is 4.74 Å². The van der Waals surface area contributed by atoms with Crippen LogP contribution in [0.2, 0.25) is 0 Å². The van der Waals surface area contributed by atoms with E-state index in [0.717, 1.165) is 31.9 Å². The van der Waals surface area contributed by atoms with Crippen LogP contribution in [0.25, 0.3) is 0 Å². The van der Waals surface area contributed by atoms with Crippen molar-refractivity contribution in [2.45, 2.75) is 26.2 Å². The van der Waals surface area contributed by atoms with E-state index in [2.05, 4.69) is 37.9 Å². The Morgan fingerprint density at radius 3 is 2.80 bits per heavy atom. The topological polar surface area (TPSA) is 35.1 Å². The SMILES string of the molecule is C=CC[NH2+]CCOCCOc1ccccc1[C@H](C)CC. The Hall–Kier alpha value is -1.32. The van der Waals surface area contributed by atoms with Gasteiger partial charge in [0.25, 0.3) is 0 Å². The molecular formula is C17H28NO2+. The average molecular weight is 278 g/mol. The second-order valence-electron chi connectivity index (χ2n) is 4.91. The molecular weight excluding hydrogens is 250 g/mol. The van der Waals surface area contributed by atoms with E-state index in [9.17, 15) is 0 Å². The molecule has 3 nitrogen and oxygen atoms in total. The molecule has 0 aliphatic heterocycles. The summed E-state index contributed by atoms with van der Waals surface area (Å²) in [6.45, 7) is 12.0. The van der Waals surface area contributed by atoms with E-state index >= 15 is 0 Å². The molecule has 0 spiro atoms. The van der Waals surface area contributed by atoms with Gasteiger partial charge in [-0.05, 0) is 30.0 Å². The van der Waals surface area contributed by atoms with Gasteiger partial charge < -0.3 is 14.8 Å². The second-order valence-corrected chi connectivity index (χ2v) is 4.91. The normalized spacial score (nSPS) is 12.1. The Labute approximate surface area is 123 Å². The predicted molar refractivity (Wildman–Crippen MR) is 83.3 cm³/mol. The highest BCUT2D eigenvalue weighted by molar-refractivity contribution is 5.35. The molecule has 1 atom stereocenters. The number of para-hydroxylation sites is 1. The number of nitrogens with two attached hydrogens (primary N) is 1. The molecule has 0 amide bonds. The molecule has 0 aliphatic rings. The van der Waals surface area contributed by atoms with Gasteiger partial charge in [-0.2, -0.15) is 0 Å². The highest BCUT2D eigenvalue weighted by atomic mass is 16.5. The zero-order valence-corrected chi connectivity index (χ0v) is 12.8. The second kappa shape index (κ2) is 10.5. The third-order valence-corrected chi connectivity index (χ3v) is 3.35. The number of ether oxygens (including phenoxy) is 2. The first-order chi connectivity index (χ1) is 9.79. The first-order valence-electron chi connectivity index (χ1n) is 7.51. The summed E-state index contributed by atoms with van der Waals surface area (Å²) in [7, 11) is 0. The molecule has 0 saturated heterocycles. The van der Waals surface area contributed by atoms with Crippen LogP contribution in [0.5, 0.6) is 5.75 Å². The molecule has 3 heteroatoms. The van der Waals surface area contributed by atoms with Crippen LogP contribution in [-0.4, -0.2) is 32.9 Å². The lowest BCUT2D eigenvalue weighted by atomic mass is 9.98. The predicted octanol–water partition coefficient (Wildman–Crippen LogP) is 2.34. The van der Waals surface area contributed by atoms with Crippen molar-refractivity contribution in [3.8, 4) is 5.75 Å². The highest BCUT2D eigenvalue weighted by Crippen LogP contribution is 2.28. The molecule has 0 bridgehead atoms. The third-order valence-electron chi connectivity index (χ3n) is 3.35. The van der Waals surface area contributed by atoms with Crippen molar-refractivity contribution in [3.63, 3.8) is 0 Å². The van der Waals surface area contributed by atoms with E-state index < -0.39 is 0 Å². The van der Waals surface area contributed by atoms with E-state index in [1.54, 1.807) is 0 Å². The maximum atomic E-state index is 5.84. The summed E-state index contributed by atoms with van der Waals surface area (Å²) in [5.74, 6) is 1.52. The van der Waals surface area contributed by atoms with Gasteiger partial charge in [-0.15, -0.1) is 0 Å². The molecule has 1 aromatic rings. The minimum absolute atomic E-state index is 0.528. The number of benzene rings is 1. The first-order valence-corrected chi connectivity index (χ1v) is 7.51. The Balaban J connectivity index is 2.23. The third kappa shape index (κ3) is 6.22. The quantitative estimate of drug-likeness (QED) is 0.498. The van der Waals surface area contributed by atoms with Crippen molar-refractivity contribution < 1.29 is 14.8 Å². The van der Waals surface area contributed by atoms with Gasteiger partial charge >= 0.3 is 0 Å². The molecule has 20 heavy (non-hydrogen) atoms. The summed E-state index contributed by atoms with van der Waals surface area (Å²) in [4.78, 5) is 0. The van der Waals surface area contributed by atoms with Crippen LogP contribution >= 0.6 is 0 Å².